The third-order valence-corrected chi connectivity index (χ3v) is 5.59. The Labute approximate surface area is 173 Å². The van der Waals surface area contributed by atoms with Gasteiger partial charge in [0.2, 0.25) is 5.91 Å². The summed E-state index contributed by atoms with van der Waals surface area (Å²) in [6.45, 7) is 3.24. The molecule has 0 aromatic carbocycles. The van der Waals surface area contributed by atoms with Gasteiger partial charge in [-0.1, -0.05) is 6.07 Å². The lowest BCUT2D eigenvalue weighted by molar-refractivity contribution is -0.182. The van der Waals surface area contributed by atoms with E-state index in [4.69, 9.17) is 10.6 Å². The normalized spacial score (nSPS) is 19.9. The molecule has 2 aromatic rings. The monoisotopic (exact) mass is 414 g/mol. The van der Waals surface area contributed by atoms with E-state index in [0.29, 0.717) is 32.5 Å². The van der Waals surface area contributed by atoms with Crippen LogP contribution in [-0.2, 0) is 9.63 Å². The molecule has 2 amide bonds. The maximum atomic E-state index is 14.5. The molecule has 0 spiro atoms. The van der Waals surface area contributed by atoms with Crippen LogP contribution in [0.4, 0.5) is 10.2 Å². The molecule has 0 saturated carbocycles. The predicted molar refractivity (Wildman–Crippen MR) is 105 cm³/mol. The lowest BCUT2D eigenvalue weighted by Crippen LogP contribution is -2.42. The molecule has 0 bridgehead atoms. The van der Waals surface area contributed by atoms with Gasteiger partial charge in [-0.25, -0.2) is 19.4 Å². The number of anilines is 1. The van der Waals surface area contributed by atoms with Crippen molar-refractivity contribution in [3.8, 4) is 0 Å². The van der Waals surface area contributed by atoms with Crippen LogP contribution in [0, 0.1) is 18.7 Å². The minimum atomic E-state index is -0.941. The Kier molecular flexibility index (Phi) is 5.58. The summed E-state index contributed by atoms with van der Waals surface area (Å²) in [4.78, 5) is 43.7. The average molecular weight is 414 g/mol. The van der Waals surface area contributed by atoms with Crippen LogP contribution in [0.5, 0.6) is 0 Å². The highest BCUT2D eigenvalue weighted by Gasteiger charge is 2.37. The molecule has 2 aliphatic rings. The number of hydroxylamine groups is 2. The van der Waals surface area contributed by atoms with Crippen molar-refractivity contribution >= 4 is 17.6 Å². The van der Waals surface area contributed by atoms with E-state index in [1.807, 2.05) is 19.1 Å². The standard InChI is InChI=1S/C20H23FN6O3/c1-12-2-3-14(10-23-12)15-6-9-30-27(15)20(29)13-4-7-26(8-5-13)19-16(21)17(18(22)28)24-11-25-19/h2-3,10-11,13,15H,4-9H2,1H3,(H2,22,28)/t15-/m0/s1. The third-order valence-electron chi connectivity index (χ3n) is 5.59. The number of amides is 2. The van der Waals surface area contributed by atoms with E-state index < -0.39 is 17.4 Å². The Balaban J connectivity index is 1.43. The molecule has 2 saturated heterocycles. The fourth-order valence-corrected chi connectivity index (χ4v) is 3.94. The largest absolute Gasteiger partial charge is 0.364 e. The fraction of sp³-hybridized carbons (Fsp3) is 0.450. The van der Waals surface area contributed by atoms with Crippen molar-refractivity contribution < 1.29 is 18.8 Å². The van der Waals surface area contributed by atoms with Crippen LogP contribution >= 0.6 is 0 Å². The molecule has 0 aliphatic carbocycles. The average Bonchev–Trinajstić information content (AvgIpc) is 3.24. The SMILES string of the molecule is Cc1ccc([C@@H]2CCON2C(=O)C2CCN(c3ncnc(C(N)=O)c3F)CC2)cn1. The summed E-state index contributed by atoms with van der Waals surface area (Å²) in [5.74, 6) is -2.04. The van der Waals surface area contributed by atoms with E-state index in [0.717, 1.165) is 24.0 Å². The molecule has 2 N–H and O–H groups in total. The quantitative estimate of drug-likeness (QED) is 0.807. The highest BCUT2D eigenvalue weighted by Crippen LogP contribution is 2.34. The smallest absolute Gasteiger partial charge is 0.270 e. The van der Waals surface area contributed by atoms with Crippen molar-refractivity contribution in [2.45, 2.75) is 32.2 Å². The summed E-state index contributed by atoms with van der Waals surface area (Å²) in [6.07, 6.45) is 4.66. The highest BCUT2D eigenvalue weighted by atomic mass is 19.1. The van der Waals surface area contributed by atoms with E-state index in [1.54, 1.807) is 11.1 Å². The Morgan fingerprint density at radius 1 is 1.17 bits per heavy atom. The Hall–Kier alpha value is -3.14. The van der Waals surface area contributed by atoms with E-state index in [9.17, 15) is 14.0 Å². The Morgan fingerprint density at radius 2 is 1.93 bits per heavy atom. The minimum absolute atomic E-state index is 0.0331. The second kappa shape index (κ2) is 8.31. The van der Waals surface area contributed by atoms with Crippen LogP contribution in [0.3, 0.4) is 0 Å². The van der Waals surface area contributed by atoms with Crippen LogP contribution in [0.15, 0.2) is 24.7 Å². The summed E-state index contributed by atoms with van der Waals surface area (Å²) >= 11 is 0. The predicted octanol–water partition coefficient (Wildman–Crippen LogP) is 1.54. The Morgan fingerprint density at radius 3 is 2.60 bits per heavy atom. The zero-order valence-electron chi connectivity index (χ0n) is 16.6. The van der Waals surface area contributed by atoms with Crippen molar-refractivity contribution in [1.82, 2.24) is 20.0 Å². The summed E-state index contributed by atoms with van der Waals surface area (Å²) in [7, 11) is 0. The van der Waals surface area contributed by atoms with Gasteiger partial charge in [-0.3, -0.25) is 19.4 Å². The highest BCUT2D eigenvalue weighted by molar-refractivity contribution is 5.91. The number of halogens is 1. The number of carbonyl (C=O) groups excluding carboxylic acids is 2. The number of rotatable bonds is 4. The zero-order chi connectivity index (χ0) is 21.3. The number of aryl methyl sites for hydroxylation is 1. The maximum Gasteiger partial charge on any atom is 0.270 e. The molecule has 1 atom stereocenters. The van der Waals surface area contributed by atoms with Crippen molar-refractivity contribution in [3.05, 3.63) is 47.4 Å². The van der Waals surface area contributed by atoms with Crippen molar-refractivity contribution in [2.24, 2.45) is 11.7 Å². The lowest BCUT2D eigenvalue weighted by atomic mass is 9.94. The molecule has 30 heavy (non-hydrogen) atoms. The molecule has 0 unspecified atom stereocenters. The van der Waals surface area contributed by atoms with Crippen LogP contribution < -0.4 is 10.6 Å². The number of hydrogen-bond acceptors (Lipinski definition) is 7. The van der Waals surface area contributed by atoms with E-state index in [1.165, 1.54) is 5.06 Å². The molecule has 4 rings (SSSR count). The molecular weight excluding hydrogens is 391 g/mol. The van der Waals surface area contributed by atoms with E-state index in [2.05, 4.69) is 15.0 Å². The van der Waals surface area contributed by atoms with Crippen molar-refractivity contribution in [3.63, 3.8) is 0 Å². The van der Waals surface area contributed by atoms with Gasteiger partial charge < -0.3 is 10.6 Å². The number of hydrogen-bond donors (Lipinski definition) is 1. The topological polar surface area (TPSA) is 115 Å². The third kappa shape index (κ3) is 3.82. The first-order valence-electron chi connectivity index (χ1n) is 9.89. The van der Waals surface area contributed by atoms with Crippen LogP contribution in [0.2, 0.25) is 0 Å². The van der Waals surface area contributed by atoms with Gasteiger partial charge in [0.05, 0.1) is 12.6 Å². The van der Waals surface area contributed by atoms with Gasteiger partial charge in [0.1, 0.15) is 6.33 Å². The molecule has 0 radical (unpaired) electrons. The van der Waals surface area contributed by atoms with Gasteiger partial charge in [0, 0.05) is 37.3 Å². The van der Waals surface area contributed by atoms with Crippen molar-refractivity contribution in [1.29, 1.82) is 0 Å². The number of nitrogens with two attached hydrogens (primary N) is 1. The van der Waals surface area contributed by atoms with E-state index in [-0.39, 0.29) is 23.7 Å². The van der Waals surface area contributed by atoms with Crippen molar-refractivity contribution in [2.75, 3.05) is 24.6 Å². The molecule has 158 valence electrons. The molecule has 10 heteroatoms. The molecule has 9 nitrogen and oxygen atoms in total. The Bertz CT molecular complexity index is 946. The number of pyridine rings is 1. The number of carbonyl (C=O) groups is 2. The van der Waals surface area contributed by atoms with E-state index >= 15 is 0 Å². The number of nitrogens with zero attached hydrogens (tertiary/aromatic N) is 5. The van der Waals surface area contributed by atoms with Crippen LogP contribution in [-0.4, -0.2) is 51.5 Å². The van der Waals surface area contributed by atoms with Gasteiger partial charge in [0.25, 0.3) is 5.91 Å². The number of piperidine rings is 1. The molecule has 4 heterocycles. The maximum absolute atomic E-state index is 14.5. The van der Waals surface area contributed by atoms with Gasteiger partial charge >= 0.3 is 0 Å². The van der Waals surface area contributed by atoms with Gasteiger partial charge in [-0.2, -0.15) is 0 Å². The fourth-order valence-electron chi connectivity index (χ4n) is 3.94. The first-order valence-corrected chi connectivity index (χ1v) is 9.89. The summed E-state index contributed by atoms with van der Waals surface area (Å²) in [5, 5.41) is 1.48. The summed E-state index contributed by atoms with van der Waals surface area (Å²) in [5.41, 5.74) is 6.59. The number of aromatic nitrogens is 3. The molecule has 2 aliphatic heterocycles. The summed E-state index contributed by atoms with van der Waals surface area (Å²) < 4.78 is 14.5. The molecule has 2 fully saturated rings. The second-order valence-electron chi connectivity index (χ2n) is 7.52. The van der Waals surface area contributed by atoms with Crippen LogP contribution in [0.1, 0.15) is 47.1 Å². The van der Waals surface area contributed by atoms with Gasteiger partial charge in [-0.05, 0) is 31.4 Å². The minimum Gasteiger partial charge on any atom is -0.364 e. The lowest BCUT2D eigenvalue weighted by Gasteiger charge is -2.34. The van der Waals surface area contributed by atoms with Gasteiger partial charge in [-0.15, -0.1) is 0 Å². The number of primary amides is 1. The second-order valence-corrected chi connectivity index (χ2v) is 7.52. The first-order chi connectivity index (χ1) is 14.5. The first kappa shape index (κ1) is 20.1. The zero-order valence-corrected chi connectivity index (χ0v) is 16.6. The van der Waals surface area contributed by atoms with Crippen LogP contribution in [0.25, 0.3) is 0 Å². The summed E-state index contributed by atoms with van der Waals surface area (Å²) in [6, 6.07) is 3.74. The molecular formula is C20H23FN6O3. The van der Waals surface area contributed by atoms with Gasteiger partial charge in [0.15, 0.2) is 17.3 Å². The molecule has 2 aromatic heterocycles.